The molecule has 1 saturated carbocycles. The molecule has 0 aromatic heterocycles. The lowest BCUT2D eigenvalue weighted by Gasteiger charge is -2.29. The van der Waals surface area contributed by atoms with Crippen LogP contribution in [0.4, 0.5) is 8.78 Å². The Labute approximate surface area is 139 Å². The van der Waals surface area contributed by atoms with E-state index in [-0.39, 0.29) is 11.6 Å². The van der Waals surface area contributed by atoms with Gasteiger partial charge >= 0.3 is 0 Å². The van der Waals surface area contributed by atoms with E-state index in [4.69, 9.17) is 0 Å². The largest absolute Gasteiger partial charge is 0.294 e. The van der Waals surface area contributed by atoms with Crippen molar-refractivity contribution in [2.24, 2.45) is 11.8 Å². The molecular formula is C20H18F2O2. The SMILES string of the molecule is O=C(c1ccc(F)cc1)[C@@H]1CCCC[C@H]1C(=O)c1ccc(F)cc1. The zero-order valence-electron chi connectivity index (χ0n) is 13.2. The van der Waals surface area contributed by atoms with E-state index in [1.54, 1.807) is 0 Å². The number of carbonyl (C=O) groups excluding carboxylic acids is 2. The summed E-state index contributed by atoms with van der Waals surface area (Å²) in [4.78, 5) is 25.6. The predicted molar refractivity (Wildman–Crippen MR) is 86.9 cm³/mol. The Bertz CT molecular complexity index is 670. The lowest BCUT2D eigenvalue weighted by Crippen LogP contribution is -2.33. The van der Waals surface area contributed by atoms with Crippen LogP contribution in [0.5, 0.6) is 0 Å². The van der Waals surface area contributed by atoms with Crippen LogP contribution in [-0.2, 0) is 0 Å². The van der Waals surface area contributed by atoms with Gasteiger partial charge in [-0.1, -0.05) is 12.8 Å². The second-order valence-corrected chi connectivity index (χ2v) is 6.24. The van der Waals surface area contributed by atoms with Crippen LogP contribution in [0.15, 0.2) is 48.5 Å². The molecule has 0 heterocycles. The molecule has 0 unspecified atom stereocenters. The molecule has 0 saturated heterocycles. The number of benzene rings is 2. The summed E-state index contributed by atoms with van der Waals surface area (Å²) in [6, 6.07) is 10.9. The minimum Gasteiger partial charge on any atom is -0.294 e. The first-order valence-electron chi connectivity index (χ1n) is 8.16. The Kier molecular flexibility index (Phi) is 4.84. The molecule has 2 atom stereocenters. The molecule has 0 amide bonds. The van der Waals surface area contributed by atoms with Crippen LogP contribution >= 0.6 is 0 Å². The molecule has 0 radical (unpaired) electrons. The number of halogens is 2. The number of hydrogen-bond donors (Lipinski definition) is 0. The number of Topliss-reactive ketones (excluding diaryl/α,β-unsaturated/α-hetero) is 2. The van der Waals surface area contributed by atoms with Crippen LogP contribution in [0.3, 0.4) is 0 Å². The predicted octanol–water partition coefficient (Wildman–Crippen LogP) is 4.84. The molecule has 124 valence electrons. The van der Waals surface area contributed by atoms with Crippen LogP contribution in [0.1, 0.15) is 46.4 Å². The standard InChI is InChI=1S/C20H18F2O2/c21-15-9-5-13(6-10-15)19(23)17-3-1-2-4-18(17)20(24)14-7-11-16(22)12-8-14/h5-12,17-18H,1-4H2/t17-,18-/m1/s1. The highest BCUT2D eigenvalue weighted by atomic mass is 19.1. The number of hydrogen-bond acceptors (Lipinski definition) is 2. The van der Waals surface area contributed by atoms with Gasteiger partial charge in [0.2, 0.25) is 0 Å². The lowest BCUT2D eigenvalue weighted by molar-refractivity contribution is 0.0709. The number of rotatable bonds is 4. The average molecular weight is 328 g/mol. The third kappa shape index (κ3) is 3.42. The summed E-state index contributed by atoms with van der Waals surface area (Å²) in [7, 11) is 0. The van der Waals surface area contributed by atoms with Crippen LogP contribution in [-0.4, -0.2) is 11.6 Å². The summed E-state index contributed by atoms with van der Waals surface area (Å²) in [6.07, 6.45) is 3.08. The molecule has 2 nitrogen and oxygen atoms in total. The molecule has 4 heteroatoms. The lowest BCUT2D eigenvalue weighted by atomic mass is 9.72. The highest BCUT2D eigenvalue weighted by Crippen LogP contribution is 2.35. The van der Waals surface area contributed by atoms with Gasteiger partial charge in [0.15, 0.2) is 11.6 Å². The molecule has 0 aliphatic heterocycles. The van der Waals surface area contributed by atoms with E-state index in [0.29, 0.717) is 24.0 Å². The molecule has 0 bridgehead atoms. The Morgan fingerprint density at radius 1 is 0.667 bits per heavy atom. The molecule has 0 N–H and O–H groups in total. The Hall–Kier alpha value is -2.36. The zero-order chi connectivity index (χ0) is 17.1. The molecule has 24 heavy (non-hydrogen) atoms. The monoisotopic (exact) mass is 328 g/mol. The number of carbonyl (C=O) groups is 2. The molecular weight excluding hydrogens is 310 g/mol. The third-order valence-corrected chi connectivity index (χ3v) is 4.70. The van der Waals surface area contributed by atoms with Crippen molar-refractivity contribution in [2.45, 2.75) is 25.7 Å². The van der Waals surface area contributed by atoms with E-state index in [1.807, 2.05) is 0 Å². The van der Waals surface area contributed by atoms with Gasteiger partial charge < -0.3 is 0 Å². The molecule has 2 aromatic rings. The molecule has 0 spiro atoms. The second kappa shape index (κ2) is 7.04. The molecule has 2 aromatic carbocycles. The van der Waals surface area contributed by atoms with Gasteiger partial charge in [-0.15, -0.1) is 0 Å². The summed E-state index contributed by atoms with van der Waals surface area (Å²) in [6.45, 7) is 0. The van der Waals surface area contributed by atoms with Crippen molar-refractivity contribution >= 4 is 11.6 Å². The summed E-state index contributed by atoms with van der Waals surface area (Å²) in [5.41, 5.74) is 0.861. The molecule has 1 aliphatic carbocycles. The first kappa shape index (κ1) is 16.5. The van der Waals surface area contributed by atoms with E-state index in [1.165, 1.54) is 48.5 Å². The van der Waals surface area contributed by atoms with Gasteiger partial charge in [0, 0.05) is 23.0 Å². The fourth-order valence-corrected chi connectivity index (χ4v) is 3.41. The maximum atomic E-state index is 13.1. The van der Waals surface area contributed by atoms with E-state index >= 15 is 0 Å². The smallest absolute Gasteiger partial charge is 0.166 e. The molecule has 1 fully saturated rings. The molecule has 1 aliphatic rings. The van der Waals surface area contributed by atoms with Crippen LogP contribution in [0, 0.1) is 23.5 Å². The van der Waals surface area contributed by atoms with Gasteiger partial charge in [0.25, 0.3) is 0 Å². The van der Waals surface area contributed by atoms with Crippen molar-refractivity contribution in [1.82, 2.24) is 0 Å². The maximum absolute atomic E-state index is 13.1. The quantitative estimate of drug-likeness (QED) is 0.753. The number of ketones is 2. The zero-order valence-corrected chi connectivity index (χ0v) is 13.2. The summed E-state index contributed by atoms with van der Waals surface area (Å²) in [5, 5.41) is 0. The second-order valence-electron chi connectivity index (χ2n) is 6.24. The minimum absolute atomic E-state index is 0.116. The first-order valence-corrected chi connectivity index (χ1v) is 8.16. The summed E-state index contributed by atoms with van der Waals surface area (Å²) in [5.74, 6) is -1.82. The Morgan fingerprint density at radius 2 is 1.00 bits per heavy atom. The third-order valence-electron chi connectivity index (χ3n) is 4.70. The maximum Gasteiger partial charge on any atom is 0.166 e. The highest BCUT2D eigenvalue weighted by molar-refractivity contribution is 6.05. The fourth-order valence-electron chi connectivity index (χ4n) is 3.41. The van der Waals surface area contributed by atoms with Gasteiger partial charge in [0.05, 0.1) is 0 Å². The average Bonchev–Trinajstić information content (AvgIpc) is 2.62. The van der Waals surface area contributed by atoms with Gasteiger partial charge in [-0.2, -0.15) is 0 Å². The molecule has 3 rings (SSSR count). The van der Waals surface area contributed by atoms with Gasteiger partial charge in [-0.05, 0) is 61.4 Å². The Morgan fingerprint density at radius 3 is 1.33 bits per heavy atom. The van der Waals surface area contributed by atoms with E-state index in [0.717, 1.165) is 12.8 Å². The van der Waals surface area contributed by atoms with Crippen molar-refractivity contribution in [3.8, 4) is 0 Å². The topological polar surface area (TPSA) is 34.1 Å². The fraction of sp³-hybridized carbons (Fsp3) is 0.300. The van der Waals surface area contributed by atoms with E-state index in [2.05, 4.69) is 0 Å². The van der Waals surface area contributed by atoms with Crippen molar-refractivity contribution in [3.05, 3.63) is 71.3 Å². The first-order chi connectivity index (χ1) is 11.6. The van der Waals surface area contributed by atoms with Crippen molar-refractivity contribution in [1.29, 1.82) is 0 Å². The van der Waals surface area contributed by atoms with Crippen molar-refractivity contribution in [3.63, 3.8) is 0 Å². The van der Waals surface area contributed by atoms with E-state index in [9.17, 15) is 18.4 Å². The van der Waals surface area contributed by atoms with Crippen LogP contribution in [0.25, 0.3) is 0 Å². The highest BCUT2D eigenvalue weighted by Gasteiger charge is 2.36. The van der Waals surface area contributed by atoms with Crippen LogP contribution in [0.2, 0.25) is 0 Å². The van der Waals surface area contributed by atoms with Gasteiger partial charge in [-0.3, -0.25) is 9.59 Å². The summed E-state index contributed by atoms with van der Waals surface area (Å²) < 4.78 is 26.1. The normalized spacial score (nSPS) is 20.6. The van der Waals surface area contributed by atoms with Gasteiger partial charge in [0.1, 0.15) is 11.6 Å². The Balaban J connectivity index is 1.85. The van der Waals surface area contributed by atoms with Gasteiger partial charge in [-0.25, -0.2) is 8.78 Å². The summed E-state index contributed by atoms with van der Waals surface area (Å²) >= 11 is 0. The minimum atomic E-state index is -0.401. The van der Waals surface area contributed by atoms with Crippen LogP contribution < -0.4 is 0 Å². The van der Waals surface area contributed by atoms with Crippen molar-refractivity contribution < 1.29 is 18.4 Å². The van der Waals surface area contributed by atoms with Crippen molar-refractivity contribution in [2.75, 3.05) is 0 Å². The van der Waals surface area contributed by atoms with E-state index < -0.39 is 23.5 Å².